The molecule has 2 atom stereocenters. The molecule has 2 aromatic heterocycles. The van der Waals surface area contributed by atoms with Crippen molar-refractivity contribution in [3.63, 3.8) is 0 Å². The summed E-state index contributed by atoms with van der Waals surface area (Å²) < 4.78 is 1.34. The molecule has 9 nitrogen and oxygen atoms in total. The number of aromatic nitrogens is 2. The first-order valence-electron chi connectivity index (χ1n) is 9.94. The van der Waals surface area contributed by atoms with E-state index in [1.54, 1.807) is 18.3 Å². The molecule has 1 amide bonds. The van der Waals surface area contributed by atoms with Gasteiger partial charge < -0.3 is 0 Å². The molecular weight excluding hydrogens is 418 g/mol. The fraction of sp³-hybridized carbons (Fsp3) is 0.333. The van der Waals surface area contributed by atoms with E-state index in [9.17, 15) is 19.7 Å². The topological polar surface area (TPSA) is 119 Å². The van der Waals surface area contributed by atoms with Crippen molar-refractivity contribution in [3.05, 3.63) is 67.1 Å². The minimum atomic E-state index is -0.795. The summed E-state index contributed by atoms with van der Waals surface area (Å²) in [5.74, 6) is 0.139. The molecule has 10 heteroatoms. The molecule has 160 valence electrons. The summed E-state index contributed by atoms with van der Waals surface area (Å²) in [5.41, 5.74) is 3.85. The number of carbonyl (C=O) groups excluding carboxylic acids is 1. The zero-order valence-corrected chi connectivity index (χ0v) is 17.9. The van der Waals surface area contributed by atoms with Crippen LogP contribution in [0.15, 0.2) is 40.5 Å². The van der Waals surface area contributed by atoms with Crippen molar-refractivity contribution in [2.45, 2.75) is 39.2 Å². The van der Waals surface area contributed by atoms with E-state index in [-0.39, 0.29) is 11.2 Å². The molecule has 31 heavy (non-hydrogen) atoms. The molecule has 0 saturated heterocycles. The van der Waals surface area contributed by atoms with Crippen LogP contribution in [0.4, 0.5) is 5.69 Å². The normalized spacial score (nSPS) is 16.9. The van der Waals surface area contributed by atoms with Crippen LogP contribution in [0.1, 0.15) is 42.3 Å². The Bertz CT molecular complexity index is 1250. The number of rotatable bonds is 5. The first-order valence-corrected chi connectivity index (χ1v) is 10.8. The Labute approximate surface area is 181 Å². The van der Waals surface area contributed by atoms with Gasteiger partial charge in [0.1, 0.15) is 10.9 Å². The van der Waals surface area contributed by atoms with E-state index in [2.05, 4.69) is 22.4 Å². The van der Waals surface area contributed by atoms with Crippen molar-refractivity contribution < 1.29 is 9.72 Å². The second kappa shape index (κ2) is 8.38. The summed E-state index contributed by atoms with van der Waals surface area (Å²) in [6, 6.07) is 4.97. The van der Waals surface area contributed by atoms with Crippen molar-refractivity contribution in [2.24, 2.45) is 11.0 Å². The fourth-order valence-electron chi connectivity index (χ4n) is 3.69. The van der Waals surface area contributed by atoms with Gasteiger partial charge in [-0.15, -0.1) is 11.3 Å². The highest BCUT2D eigenvalue weighted by atomic mass is 32.1. The summed E-state index contributed by atoms with van der Waals surface area (Å²) in [5, 5.41) is 15.2. The number of benzene rings is 1. The van der Waals surface area contributed by atoms with Crippen LogP contribution in [0, 0.1) is 16.0 Å². The Morgan fingerprint density at radius 2 is 2.16 bits per heavy atom. The maximum atomic E-state index is 13.1. The molecule has 0 radical (unpaired) electrons. The Morgan fingerprint density at radius 1 is 1.42 bits per heavy atom. The summed E-state index contributed by atoms with van der Waals surface area (Å²) in [4.78, 5) is 42.3. The van der Waals surface area contributed by atoms with Gasteiger partial charge in [-0.3, -0.25) is 24.3 Å². The molecule has 1 aromatic carbocycles. The number of nitrogens with zero attached hydrogens (tertiary/aromatic N) is 4. The van der Waals surface area contributed by atoms with Crippen LogP contribution in [0.25, 0.3) is 10.2 Å². The van der Waals surface area contributed by atoms with Gasteiger partial charge in [0.25, 0.3) is 17.2 Å². The Kier molecular flexibility index (Phi) is 5.64. The molecule has 2 unspecified atom stereocenters. The van der Waals surface area contributed by atoms with Crippen LogP contribution >= 0.6 is 11.3 Å². The lowest BCUT2D eigenvalue weighted by atomic mass is 9.89. The number of hydrazone groups is 1. The molecule has 0 fully saturated rings. The Hall–Kier alpha value is -3.40. The van der Waals surface area contributed by atoms with E-state index >= 15 is 0 Å². The average molecular weight is 439 g/mol. The molecule has 0 bridgehead atoms. The molecule has 0 spiro atoms. The Balaban J connectivity index is 1.51. The zero-order valence-electron chi connectivity index (χ0n) is 17.1. The number of amides is 1. The molecule has 1 aliphatic carbocycles. The second-order valence-corrected chi connectivity index (χ2v) is 8.83. The molecule has 0 saturated carbocycles. The Morgan fingerprint density at radius 3 is 2.87 bits per heavy atom. The smallest absolute Gasteiger partial charge is 0.269 e. The van der Waals surface area contributed by atoms with Gasteiger partial charge in [0.05, 0.1) is 22.9 Å². The SMILES string of the molecule is CC1CCc2c(sc3ncn(C(C)C(=O)N/N=C/c4ccc([N+](=O)[O-])cc4)c(=O)c23)C1. The number of fused-ring (bicyclic) bond motifs is 3. The highest BCUT2D eigenvalue weighted by molar-refractivity contribution is 7.18. The first kappa shape index (κ1) is 20.9. The van der Waals surface area contributed by atoms with Crippen LogP contribution in [-0.2, 0) is 17.6 Å². The molecule has 2 heterocycles. The van der Waals surface area contributed by atoms with Gasteiger partial charge in [0.2, 0.25) is 0 Å². The van der Waals surface area contributed by atoms with E-state index in [0.717, 1.165) is 29.7 Å². The number of aryl methyl sites for hydroxylation is 1. The number of nitro groups is 1. The van der Waals surface area contributed by atoms with E-state index in [4.69, 9.17) is 0 Å². The van der Waals surface area contributed by atoms with Crippen LogP contribution < -0.4 is 11.0 Å². The number of nitro benzene ring substituents is 1. The summed E-state index contributed by atoms with van der Waals surface area (Å²) in [7, 11) is 0. The van der Waals surface area contributed by atoms with E-state index in [0.29, 0.717) is 16.9 Å². The molecular formula is C21H21N5O4S. The third kappa shape index (κ3) is 4.11. The lowest BCUT2D eigenvalue weighted by Crippen LogP contribution is -2.34. The minimum Gasteiger partial charge on any atom is -0.286 e. The lowest BCUT2D eigenvalue weighted by molar-refractivity contribution is -0.384. The van der Waals surface area contributed by atoms with Crippen LogP contribution in [0.3, 0.4) is 0 Å². The second-order valence-electron chi connectivity index (χ2n) is 7.75. The van der Waals surface area contributed by atoms with Gasteiger partial charge >= 0.3 is 0 Å². The number of thiophene rings is 1. The van der Waals surface area contributed by atoms with Crippen LogP contribution in [-0.4, -0.2) is 26.6 Å². The number of hydrogen-bond acceptors (Lipinski definition) is 7. The first-order chi connectivity index (χ1) is 14.8. The van der Waals surface area contributed by atoms with E-state index < -0.39 is 16.9 Å². The molecule has 3 aromatic rings. The predicted molar refractivity (Wildman–Crippen MR) is 119 cm³/mol. The standard InChI is InChI=1S/C21H21N5O4S/c1-12-3-8-16-17(9-12)31-20-18(16)21(28)25(11-22-20)13(2)19(27)24-23-10-14-4-6-15(7-5-14)26(29)30/h4-7,10-13H,3,8-9H2,1-2H3,(H,24,27)/b23-10+. The highest BCUT2D eigenvalue weighted by Crippen LogP contribution is 2.35. The maximum absolute atomic E-state index is 13.1. The summed E-state index contributed by atoms with van der Waals surface area (Å²) >= 11 is 1.57. The number of hydrogen-bond donors (Lipinski definition) is 1. The van der Waals surface area contributed by atoms with Gasteiger partial charge in [-0.05, 0) is 55.4 Å². The molecule has 1 N–H and O–H groups in total. The summed E-state index contributed by atoms with van der Waals surface area (Å²) in [6.45, 7) is 3.83. The van der Waals surface area contributed by atoms with Crippen molar-refractivity contribution in [3.8, 4) is 0 Å². The van der Waals surface area contributed by atoms with Crippen molar-refractivity contribution in [1.29, 1.82) is 0 Å². The van der Waals surface area contributed by atoms with Gasteiger partial charge in [0, 0.05) is 17.0 Å². The number of carbonyl (C=O) groups is 1. The van der Waals surface area contributed by atoms with Crippen molar-refractivity contribution in [1.82, 2.24) is 15.0 Å². The molecule has 1 aliphatic rings. The summed E-state index contributed by atoms with van der Waals surface area (Å²) in [6.07, 6.45) is 5.66. The average Bonchev–Trinajstić information content (AvgIpc) is 3.12. The fourth-order valence-corrected chi connectivity index (χ4v) is 5.03. The van der Waals surface area contributed by atoms with Crippen LogP contribution in [0.5, 0.6) is 0 Å². The largest absolute Gasteiger partial charge is 0.286 e. The van der Waals surface area contributed by atoms with Gasteiger partial charge in [0.15, 0.2) is 0 Å². The quantitative estimate of drug-likeness (QED) is 0.372. The highest BCUT2D eigenvalue weighted by Gasteiger charge is 2.25. The van der Waals surface area contributed by atoms with Gasteiger partial charge in [-0.2, -0.15) is 5.10 Å². The van der Waals surface area contributed by atoms with Crippen molar-refractivity contribution >= 4 is 39.4 Å². The van der Waals surface area contributed by atoms with E-state index in [1.165, 1.54) is 46.3 Å². The van der Waals surface area contributed by atoms with Gasteiger partial charge in [-0.1, -0.05) is 6.92 Å². The zero-order chi connectivity index (χ0) is 22.1. The number of nitrogens with one attached hydrogen (secondary N) is 1. The van der Waals surface area contributed by atoms with Crippen molar-refractivity contribution in [2.75, 3.05) is 0 Å². The predicted octanol–water partition coefficient (Wildman–Crippen LogP) is 3.20. The monoisotopic (exact) mass is 439 g/mol. The number of non-ortho nitro benzene ring substituents is 1. The minimum absolute atomic E-state index is 0.0258. The van der Waals surface area contributed by atoms with Crippen LogP contribution in [0.2, 0.25) is 0 Å². The molecule has 4 rings (SSSR count). The van der Waals surface area contributed by atoms with E-state index in [1.807, 2.05) is 0 Å². The third-order valence-electron chi connectivity index (χ3n) is 5.53. The van der Waals surface area contributed by atoms with Gasteiger partial charge in [-0.25, -0.2) is 10.4 Å². The third-order valence-corrected chi connectivity index (χ3v) is 6.69. The maximum Gasteiger partial charge on any atom is 0.269 e. The molecule has 0 aliphatic heterocycles. The lowest BCUT2D eigenvalue weighted by Gasteiger charge is -2.18.